The van der Waals surface area contributed by atoms with Gasteiger partial charge in [-0.3, -0.25) is 9.69 Å². The highest BCUT2D eigenvalue weighted by atomic mass is 19.1. The Morgan fingerprint density at radius 3 is 2.59 bits per heavy atom. The Balaban J connectivity index is 1.65. The molecule has 0 bridgehead atoms. The molecule has 2 N–H and O–H groups in total. The van der Waals surface area contributed by atoms with E-state index in [0.29, 0.717) is 11.3 Å². The number of benzene rings is 2. The molecule has 1 aliphatic rings. The van der Waals surface area contributed by atoms with E-state index in [0.717, 1.165) is 10.5 Å². The third-order valence-electron chi connectivity index (χ3n) is 4.52. The maximum Gasteiger partial charge on any atom is 0.325 e. The van der Waals surface area contributed by atoms with Gasteiger partial charge in [-0.05, 0) is 49.2 Å². The summed E-state index contributed by atoms with van der Waals surface area (Å²) in [5.41, 5.74) is 0.184. The van der Waals surface area contributed by atoms with Crippen molar-refractivity contribution in [1.82, 2.24) is 10.2 Å². The number of imide groups is 1. The molecule has 7 heteroatoms. The Morgan fingerprint density at radius 2 is 1.93 bits per heavy atom. The zero-order valence-corrected chi connectivity index (χ0v) is 15.1. The second-order valence-corrected chi connectivity index (χ2v) is 6.76. The number of carbonyl (C=O) groups excluding carboxylic acids is 2. The maximum absolute atomic E-state index is 13.1. The van der Waals surface area contributed by atoms with Crippen LogP contribution in [-0.2, 0) is 10.3 Å². The van der Waals surface area contributed by atoms with E-state index in [9.17, 15) is 19.1 Å². The number of aliphatic hydroxyl groups is 1. The Hall–Kier alpha value is -2.93. The topological polar surface area (TPSA) is 78.9 Å². The van der Waals surface area contributed by atoms with Crippen LogP contribution in [0.1, 0.15) is 18.1 Å². The first-order chi connectivity index (χ1) is 12.8. The Labute approximate surface area is 156 Å². The number of β-amino-alcohol motifs (C(OH)–C–C–N with tert-alkyl or cyclic N) is 1. The van der Waals surface area contributed by atoms with Crippen LogP contribution in [0.5, 0.6) is 5.75 Å². The number of carbonyl (C=O) groups is 2. The van der Waals surface area contributed by atoms with Crippen LogP contribution in [0.4, 0.5) is 9.18 Å². The molecule has 1 fully saturated rings. The fraction of sp³-hybridized carbons (Fsp3) is 0.300. The van der Waals surface area contributed by atoms with Gasteiger partial charge in [-0.25, -0.2) is 9.18 Å². The molecule has 6 nitrogen and oxygen atoms in total. The molecular weight excluding hydrogens is 351 g/mol. The van der Waals surface area contributed by atoms with Crippen LogP contribution in [0.2, 0.25) is 0 Å². The zero-order valence-electron chi connectivity index (χ0n) is 15.1. The number of ether oxygens (including phenoxy) is 1. The lowest BCUT2D eigenvalue weighted by atomic mass is 9.92. The fourth-order valence-corrected chi connectivity index (χ4v) is 3.00. The van der Waals surface area contributed by atoms with Crippen LogP contribution < -0.4 is 10.1 Å². The summed E-state index contributed by atoms with van der Waals surface area (Å²) in [6, 6.07) is 12.1. The normalized spacial score (nSPS) is 20.5. The standard InChI is InChI=1S/C20H21FN2O4/c1-13-4-3-5-17(10-13)27-12-16(24)11-23-18(25)20(2,22-19(23)26)14-6-8-15(21)9-7-14/h3-10,16,24H,11-12H2,1-2H3,(H,22,26)/t16-,20+/m1/s1. The van der Waals surface area contributed by atoms with Crippen molar-refractivity contribution in [2.45, 2.75) is 25.5 Å². The van der Waals surface area contributed by atoms with Crippen LogP contribution in [0, 0.1) is 12.7 Å². The Kier molecular flexibility index (Phi) is 5.14. The Morgan fingerprint density at radius 1 is 1.22 bits per heavy atom. The number of hydrogen-bond acceptors (Lipinski definition) is 4. The summed E-state index contributed by atoms with van der Waals surface area (Å²) < 4.78 is 18.7. The summed E-state index contributed by atoms with van der Waals surface area (Å²) in [4.78, 5) is 26.0. The molecule has 27 heavy (non-hydrogen) atoms. The second kappa shape index (κ2) is 7.36. The minimum atomic E-state index is -1.30. The van der Waals surface area contributed by atoms with E-state index in [1.807, 2.05) is 25.1 Å². The molecule has 1 saturated heterocycles. The van der Waals surface area contributed by atoms with Gasteiger partial charge >= 0.3 is 6.03 Å². The SMILES string of the molecule is Cc1cccc(OC[C@H](O)CN2C(=O)N[C@@](C)(c3ccc(F)cc3)C2=O)c1. The smallest absolute Gasteiger partial charge is 0.325 e. The summed E-state index contributed by atoms with van der Waals surface area (Å²) in [5.74, 6) is -0.337. The number of rotatable bonds is 6. The first-order valence-electron chi connectivity index (χ1n) is 8.57. The van der Waals surface area contributed by atoms with Crippen LogP contribution in [0.25, 0.3) is 0 Å². The van der Waals surface area contributed by atoms with Gasteiger partial charge in [0.05, 0.1) is 6.54 Å². The van der Waals surface area contributed by atoms with Crippen molar-refractivity contribution in [3.05, 3.63) is 65.5 Å². The molecule has 1 heterocycles. The third-order valence-corrected chi connectivity index (χ3v) is 4.52. The van der Waals surface area contributed by atoms with Crippen LogP contribution in [0.3, 0.4) is 0 Å². The van der Waals surface area contributed by atoms with Gasteiger partial charge in [0.25, 0.3) is 5.91 Å². The molecule has 2 atom stereocenters. The van der Waals surface area contributed by atoms with Crippen molar-refractivity contribution in [2.24, 2.45) is 0 Å². The summed E-state index contributed by atoms with van der Waals surface area (Å²) in [5, 5.41) is 12.8. The van der Waals surface area contributed by atoms with Crippen molar-refractivity contribution in [3.8, 4) is 5.75 Å². The predicted octanol–water partition coefficient (Wildman–Crippen LogP) is 2.34. The monoisotopic (exact) mass is 372 g/mol. The minimum Gasteiger partial charge on any atom is -0.491 e. The number of nitrogens with one attached hydrogen (secondary N) is 1. The van der Waals surface area contributed by atoms with E-state index in [4.69, 9.17) is 4.74 Å². The molecule has 3 rings (SSSR count). The molecule has 0 spiro atoms. The molecular formula is C20H21FN2O4. The van der Waals surface area contributed by atoms with Gasteiger partial charge in [0, 0.05) is 0 Å². The average Bonchev–Trinajstić information content (AvgIpc) is 2.85. The quantitative estimate of drug-likeness (QED) is 0.763. The van der Waals surface area contributed by atoms with E-state index >= 15 is 0 Å². The van der Waals surface area contributed by atoms with E-state index in [-0.39, 0.29) is 13.2 Å². The van der Waals surface area contributed by atoms with Gasteiger partial charge in [-0.2, -0.15) is 0 Å². The highest BCUT2D eigenvalue weighted by molar-refractivity contribution is 6.07. The molecule has 3 amide bonds. The molecule has 0 saturated carbocycles. The van der Waals surface area contributed by atoms with E-state index in [2.05, 4.69) is 5.32 Å². The third kappa shape index (κ3) is 3.93. The van der Waals surface area contributed by atoms with Gasteiger partial charge in [-0.1, -0.05) is 24.3 Å². The van der Waals surface area contributed by atoms with Crippen molar-refractivity contribution in [2.75, 3.05) is 13.2 Å². The summed E-state index contributed by atoms with van der Waals surface area (Å²) in [7, 11) is 0. The number of urea groups is 1. The Bertz CT molecular complexity index is 855. The molecule has 2 aromatic carbocycles. The lowest BCUT2D eigenvalue weighted by Gasteiger charge is -2.23. The molecule has 2 aromatic rings. The number of halogens is 1. The van der Waals surface area contributed by atoms with E-state index in [1.165, 1.54) is 24.3 Å². The van der Waals surface area contributed by atoms with Crippen molar-refractivity contribution in [3.63, 3.8) is 0 Å². The summed E-state index contributed by atoms with van der Waals surface area (Å²) in [6.07, 6.45) is -1.05. The van der Waals surface area contributed by atoms with Crippen LogP contribution in [0.15, 0.2) is 48.5 Å². The number of aliphatic hydroxyl groups excluding tert-OH is 1. The average molecular weight is 372 g/mol. The lowest BCUT2D eigenvalue weighted by molar-refractivity contribution is -0.132. The van der Waals surface area contributed by atoms with Gasteiger partial charge in [0.2, 0.25) is 0 Å². The minimum absolute atomic E-state index is 0.0617. The molecule has 0 unspecified atom stereocenters. The van der Waals surface area contributed by atoms with Crippen LogP contribution >= 0.6 is 0 Å². The van der Waals surface area contributed by atoms with Gasteiger partial charge in [0.1, 0.15) is 29.8 Å². The van der Waals surface area contributed by atoms with Crippen LogP contribution in [-0.4, -0.2) is 41.2 Å². The number of aryl methyl sites for hydroxylation is 1. The molecule has 142 valence electrons. The van der Waals surface area contributed by atoms with E-state index < -0.39 is 29.4 Å². The molecule has 0 radical (unpaired) electrons. The highest BCUT2D eigenvalue weighted by Gasteiger charge is 2.49. The molecule has 0 aliphatic carbocycles. The van der Waals surface area contributed by atoms with Crippen molar-refractivity contribution in [1.29, 1.82) is 0 Å². The molecule has 1 aliphatic heterocycles. The maximum atomic E-state index is 13.1. The number of nitrogens with zero attached hydrogens (tertiary/aromatic N) is 1. The van der Waals surface area contributed by atoms with Crippen molar-refractivity contribution >= 4 is 11.9 Å². The van der Waals surface area contributed by atoms with Gasteiger partial charge < -0.3 is 15.2 Å². The van der Waals surface area contributed by atoms with E-state index in [1.54, 1.807) is 13.0 Å². The number of hydrogen-bond donors (Lipinski definition) is 2. The fourth-order valence-electron chi connectivity index (χ4n) is 3.00. The largest absolute Gasteiger partial charge is 0.491 e. The van der Waals surface area contributed by atoms with Crippen molar-refractivity contribution < 1.29 is 23.8 Å². The second-order valence-electron chi connectivity index (χ2n) is 6.76. The molecule has 0 aromatic heterocycles. The first kappa shape index (κ1) is 18.8. The summed E-state index contributed by atoms with van der Waals surface area (Å²) in [6.45, 7) is 3.21. The first-order valence-corrected chi connectivity index (χ1v) is 8.57. The van der Waals surface area contributed by atoms with Gasteiger partial charge in [0.15, 0.2) is 0 Å². The predicted molar refractivity (Wildman–Crippen MR) is 96.7 cm³/mol. The van der Waals surface area contributed by atoms with Gasteiger partial charge in [-0.15, -0.1) is 0 Å². The lowest BCUT2D eigenvalue weighted by Crippen LogP contribution is -2.42. The zero-order chi connectivity index (χ0) is 19.6. The highest BCUT2D eigenvalue weighted by Crippen LogP contribution is 2.29. The number of amides is 3. The summed E-state index contributed by atoms with van der Waals surface area (Å²) >= 11 is 0.